The molecule has 0 unspecified atom stereocenters. The Morgan fingerprint density at radius 2 is 2.00 bits per heavy atom. The number of rotatable bonds is 4. The van der Waals surface area contributed by atoms with E-state index in [1.165, 1.54) is 6.26 Å². The Morgan fingerprint density at radius 3 is 2.53 bits per heavy atom. The second-order valence-corrected chi connectivity index (χ2v) is 3.60. The van der Waals surface area contributed by atoms with Crippen molar-refractivity contribution in [2.24, 2.45) is 0 Å². The molecule has 0 saturated heterocycles. The van der Waals surface area contributed by atoms with Crippen LogP contribution in [0.3, 0.4) is 0 Å². The Morgan fingerprint density at radius 1 is 1.40 bits per heavy atom. The molecule has 1 aromatic carbocycles. The van der Waals surface area contributed by atoms with Crippen LogP contribution in [0.4, 0.5) is 0 Å². The number of carbonyl (C=O) groups is 1. The molecule has 1 rings (SSSR count). The van der Waals surface area contributed by atoms with Crippen molar-refractivity contribution in [3.63, 3.8) is 0 Å². The Labute approximate surface area is 98.4 Å². The van der Waals surface area contributed by atoms with Crippen LogP contribution in [-0.4, -0.2) is 12.4 Å². The highest BCUT2D eigenvalue weighted by molar-refractivity contribution is 6.45. The fourth-order valence-corrected chi connectivity index (χ4v) is 1.25. The quantitative estimate of drug-likeness (QED) is 0.460. The maximum atomic E-state index is 11.6. The first-order valence-electron chi connectivity index (χ1n) is 4.42. The molecular weight excluding hydrogens is 235 g/mol. The van der Waals surface area contributed by atoms with Gasteiger partial charge in [-0.15, -0.1) is 0 Å². The van der Waals surface area contributed by atoms with Crippen molar-refractivity contribution < 1.29 is 9.53 Å². The largest absolute Gasteiger partial charge is 0.500 e. The Bertz CT molecular complexity index is 369. The Balaban J connectivity index is 2.80. The lowest BCUT2D eigenvalue weighted by Gasteiger charge is -2.00. The maximum absolute atomic E-state index is 11.6. The van der Waals surface area contributed by atoms with Gasteiger partial charge in [-0.05, 0) is 31.2 Å². The van der Waals surface area contributed by atoms with Crippen LogP contribution < -0.4 is 0 Å². The lowest BCUT2D eigenvalue weighted by Crippen LogP contribution is -1.99. The van der Waals surface area contributed by atoms with Crippen molar-refractivity contribution in [1.29, 1.82) is 0 Å². The highest BCUT2D eigenvalue weighted by Crippen LogP contribution is 2.15. The number of ketones is 1. The van der Waals surface area contributed by atoms with E-state index in [1.807, 2.05) is 6.92 Å². The summed E-state index contributed by atoms with van der Waals surface area (Å²) in [5, 5.41) is 0.635. The highest BCUT2D eigenvalue weighted by Gasteiger charge is 2.09. The van der Waals surface area contributed by atoms with Gasteiger partial charge in [0.25, 0.3) is 0 Å². The minimum Gasteiger partial charge on any atom is -0.500 e. The van der Waals surface area contributed by atoms with Crippen LogP contribution in [0.2, 0.25) is 5.02 Å². The molecule has 0 atom stereocenters. The zero-order chi connectivity index (χ0) is 11.3. The molecule has 2 nitrogen and oxygen atoms in total. The van der Waals surface area contributed by atoms with Gasteiger partial charge in [-0.25, -0.2) is 0 Å². The maximum Gasteiger partial charge on any atom is 0.207 e. The van der Waals surface area contributed by atoms with Crippen molar-refractivity contribution in [2.45, 2.75) is 6.92 Å². The summed E-state index contributed by atoms with van der Waals surface area (Å²) in [7, 11) is 0. The first kappa shape index (κ1) is 12.1. The minimum absolute atomic E-state index is 0.0548. The van der Waals surface area contributed by atoms with Crippen molar-refractivity contribution in [3.05, 3.63) is 46.1 Å². The van der Waals surface area contributed by atoms with Crippen LogP contribution >= 0.6 is 23.2 Å². The van der Waals surface area contributed by atoms with E-state index in [1.54, 1.807) is 24.3 Å². The van der Waals surface area contributed by atoms with E-state index in [-0.39, 0.29) is 10.8 Å². The third-order valence-electron chi connectivity index (χ3n) is 1.68. The molecule has 0 saturated carbocycles. The Hall–Kier alpha value is -0.990. The number of carbonyl (C=O) groups excluding carboxylic acids is 1. The van der Waals surface area contributed by atoms with E-state index < -0.39 is 0 Å². The molecule has 0 fully saturated rings. The predicted molar refractivity (Wildman–Crippen MR) is 61.3 cm³/mol. The zero-order valence-corrected chi connectivity index (χ0v) is 9.68. The molecule has 4 heteroatoms. The van der Waals surface area contributed by atoms with Gasteiger partial charge in [0, 0.05) is 10.6 Å². The second-order valence-electron chi connectivity index (χ2n) is 2.76. The molecule has 0 bridgehead atoms. The summed E-state index contributed by atoms with van der Waals surface area (Å²) >= 11 is 11.4. The summed E-state index contributed by atoms with van der Waals surface area (Å²) in [6.07, 6.45) is 1.25. The van der Waals surface area contributed by atoms with Gasteiger partial charge >= 0.3 is 0 Å². The highest BCUT2D eigenvalue weighted by atomic mass is 35.5. The van der Waals surface area contributed by atoms with Gasteiger partial charge in [-0.1, -0.05) is 23.2 Å². The summed E-state index contributed by atoms with van der Waals surface area (Å²) in [6, 6.07) is 6.51. The zero-order valence-electron chi connectivity index (χ0n) is 8.17. The topological polar surface area (TPSA) is 26.3 Å². The van der Waals surface area contributed by atoms with E-state index in [0.717, 1.165) is 0 Å². The van der Waals surface area contributed by atoms with Crippen LogP contribution in [0.5, 0.6) is 0 Å². The van der Waals surface area contributed by atoms with Gasteiger partial charge in [0.2, 0.25) is 5.78 Å². The molecule has 0 spiro atoms. The molecule has 0 aliphatic carbocycles. The lowest BCUT2D eigenvalue weighted by atomic mass is 10.1. The minimum atomic E-state index is -0.276. The third kappa shape index (κ3) is 3.57. The van der Waals surface area contributed by atoms with Crippen LogP contribution in [-0.2, 0) is 4.74 Å². The molecule has 15 heavy (non-hydrogen) atoms. The molecule has 0 heterocycles. The standard InChI is InChI=1S/C11H10Cl2O2/c1-2-15-7-10(13)11(14)8-3-5-9(12)6-4-8/h3-7H,2H2,1H3. The number of Topliss-reactive ketones (excluding diaryl/α,β-unsaturated/α-hetero) is 1. The third-order valence-corrected chi connectivity index (χ3v) is 2.19. The van der Waals surface area contributed by atoms with Crippen LogP contribution in [0.1, 0.15) is 17.3 Å². The number of hydrogen-bond donors (Lipinski definition) is 0. The van der Waals surface area contributed by atoms with Gasteiger partial charge in [-0.2, -0.15) is 0 Å². The second kappa shape index (κ2) is 5.79. The number of halogens is 2. The van der Waals surface area contributed by atoms with Crippen molar-refractivity contribution >= 4 is 29.0 Å². The van der Waals surface area contributed by atoms with Crippen molar-refractivity contribution in [1.82, 2.24) is 0 Å². The molecular formula is C11H10Cl2O2. The van der Waals surface area contributed by atoms with Crippen molar-refractivity contribution in [3.8, 4) is 0 Å². The van der Waals surface area contributed by atoms with Crippen LogP contribution in [0, 0.1) is 0 Å². The number of allylic oxidation sites excluding steroid dienone is 1. The van der Waals surface area contributed by atoms with Crippen LogP contribution in [0.15, 0.2) is 35.6 Å². The molecule has 0 aliphatic heterocycles. The number of hydrogen-bond acceptors (Lipinski definition) is 2. The molecule has 80 valence electrons. The first-order valence-corrected chi connectivity index (χ1v) is 5.18. The van der Waals surface area contributed by atoms with E-state index in [0.29, 0.717) is 17.2 Å². The molecule has 0 N–H and O–H groups in total. The molecule has 0 aliphatic rings. The van der Waals surface area contributed by atoms with Gasteiger partial charge in [-0.3, -0.25) is 4.79 Å². The summed E-state index contributed by atoms with van der Waals surface area (Å²) < 4.78 is 4.92. The van der Waals surface area contributed by atoms with Gasteiger partial charge in [0.15, 0.2) is 0 Å². The normalized spacial score (nSPS) is 11.3. The molecule has 0 aromatic heterocycles. The van der Waals surface area contributed by atoms with E-state index in [4.69, 9.17) is 27.9 Å². The van der Waals surface area contributed by atoms with Gasteiger partial charge in [0.05, 0.1) is 6.61 Å². The molecule has 1 aromatic rings. The summed E-state index contributed by atoms with van der Waals surface area (Å²) in [5.41, 5.74) is 0.486. The van der Waals surface area contributed by atoms with E-state index in [9.17, 15) is 4.79 Å². The SMILES string of the molecule is CCOC=C(Cl)C(=O)c1ccc(Cl)cc1. The lowest BCUT2D eigenvalue weighted by molar-refractivity contribution is 0.103. The summed E-state index contributed by atoms with van der Waals surface area (Å²) in [5.74, 6) is -0.276. The fraction of sp³-hybridized carbons (Fsp3) is 0.182. The van der Waals surface area contributed by atoms with Gasteiger partial charge in [0.1, 0.15) is 11.3 Å². The number of ether oxygens (including phenoxy) is 1. The average Bonchev–Trinajstić information content (AvgIpc) is 2.26. The predicted octanol–water partition coefficient (Wildman–Crippen LogP) is 3.64. The monoisotopic (exact) mass is 244 g/mol. The fourth-order valence-electron chi connectivity index (χ4n) is 0.949. The average molecular weight is 245 g/mol. The van der Waals surface area contributed by atoms with Gasteiger partial charge < -0.3 is 4.74 Å². The van der Waals surface area contributed by atoms with Crippen molar-refractivity contribution in [2.75, 3.05) is 6.61 Å². The van der Waals surface area contributed by atoms with E-state index in [2.05, 4.69) is 0 Å². The van der Waals surface area contributed by atoms with E-state index >= 15 is 0 Å². The molecule has 0 radical (unpaired) electrons. The summed E-state index contributed by atoms with van der Waals surface area (Å²) in [6.45, 7) is 2.29. The Kier molecular flexibility index (Phi) is 4.66. The van der Waals surface area contributed by atoms with Crippen LogP contribution in [0.25, 0.3) is 0 Å². The smallest absolute Gasteiger partial charge is 0.207 e. The first-order chi connectivity index (χ1) is 7.15. The molecule has 0 amide bonds. The summed E-state index contributed by atoms with van der Waals surface area (Å²) in [4.78, 5) is 11.6. The number of benzene rings is 1.